The highest BCUT2D eigenvalue weighted by atomic mass is 19.4. The first-order valence-electron chi connectivity index (χ1n) is 6.03. The Kier molecular flexibility index (Phi) is 5.97. The van der Waals surface area contributed by atoms with Gasteiger partial charge in [0.15, 0.2) is 0 Å². The van der Waals surface area contributed by atoms with Crippen LogP contribution in [-0.2, 0) is 15.7 Å². The molecule has 0 saturated heterocycles. The minimum Gasteiger partial charge on any atom is -0.383 e. The van der Waals surface area contributed by atoms with Crippen LogP contribution < -0.4 is 11.1 Å². The van der Waals surface area contributed by atoms with Crippen LogP contribution in [0.5, 0.6) is 0 Å². The van der Waals surface area contributed by atoms with Gasteiger partial charge in [-0.1, -0.05) is 18.2 Å². The van der Waals surface area contributed by atoms with Crippen molar-refractivity contribution in [3.63, 3.8) is 0 Å². The first kappa shape index (κ1) is 16.5. The van der Waals surface area contributed by atoms with E-state index < -0.39 is 23.7 Å². The van der Waals surface area contributed by atoms with Crippen molar-refractivity contribution in [2.45, 2.75) is 18.6 Å². The van der Waals surface area contributed by atoms with Gasteiger partial charge in [-0.2, -0.15) is 13.2 Å². The molecule has 0 aliphatic heterocycles. The van der Waals surface area contributed by atoms with E-state index in [0.29, 0.717) is 13.2 Å². The number of hydrogen-bond acceptors (Lipinski definition) is 3. The van der Waals surface area contributed by atoms with Gasteiger partial charge in [0.1, 0.15) is 0 Å². The lowest BCUT2D eigenvalue weighted by Gasteiger charge is -2.18. The van der Waals surface area contributed by atoms with Crippen molar-refractivity contribution in [2.75, 3.05) is 20.3 Å². The number of halogens is 3. The van der Waals surface area contributed by atoms with Crippen molar-refractivity contribution in [1.82, 2.24) is 5.32 Å². The van der Waals surface area contributed by atoms with Crippen LogP contribution in [0, 0.1) is 0 Å². The molecule has 1 unspecified atom stereocenters. The summed E-state index contributed by atoms with van der Waals surface area (Å²) < 4.78 is 43.2. The molecule has 0 spiro atoms. The molecular formula is C13H17F3N2O2. The SMILES string of the molecule is COCCNC(=O)CC(N)c1ccccc1C(F)(F)F. The molecule has 20 heavy (non-hydrogen) atoms. The molecule has 0 saturated carbocycles. The zero-order chi connectivity index (χ0) is 15.2. The number of amides is 1. The molecule has 1 aromatic carbocycles. The van der Waals surface area contributed by atoms with Crippen LogP contribution in [0.15, 0.2) is 24.3 Å². The van der Waals surface area contributed by atoms with E-state index in [0.717, 1.165) is 6.07 Å². The second kappa shape index (κ2) is 7.25. The predicted molar refractivity (Wildman–Crippen MR) is 67.9 cm³/mol. The standard InChI is InChI=1S/C13H17F3N2O2/c1-20-7-6-18-12(19)8-11(17)9-4-2-3-5-10(9)13(14,15)16/h2-5,11H,6-8,17H2,1H3,(H,18,19). The first-order valence-corrected chi connectivity index (χ1v) is 6.03. The summed E-state index contributed by atoms with van der Waals surface area (Å²) in [7, 11) is 1.48. The molecule has 1 rings (SSSR count). The fourth-order valence-corrected chi connectivity index (χ4v) is 1.75. The Morgan fingerprint density at radius 3 is 2.65 bits per heavy atom. The van der Waals surface area contributed by atoms with Gasteiger partial charge in [0, 0.05) is 26.1 Å². The van der Waals surface area contributed by atoms with Gasteiger partial charge in [-0.3, -0.25) is 4.79 Å². The van der Waals surface area contributed by atoms with E-state index in [1.165, 1.54) is 25.3 Å². The van der Waals surface area contributed by atoms with Crippen molar-refractivity contribution in [1.29, 1.82) is 0 Å². The van der Waals surface area contributed by atoms with E-state index in [-0.39, 0.29) is 12.0 Å². The third-order valence-electron chi connectivity index (χ3n) is 2.70. The number of ether oxygens (including phenoxy) is 1. The van der Waals surface area contributed by atoms with E-state index in [1.54, 1.807) is 0 Å². The number of carbonyl (C=O) groups excluding carboxylic acids is 1. The molecule has 0 aromatic heterocycles. The molecule has 112 valence electrons. The number of alkyl halides is 3. The Bertz CT molecular complexity index is 449. The predicted octanol–water partition coefficient (Wildman–Crippen LogP) is 1.86. The Hall–Kier alpha value is -1.60. The molecule has 0 bridgehead atoms. The number of carbonyl (C=O) groups is 1. The van der Waals surface area contributed by atoms with Crippen LogP contribution in [0.3, 0.4) is 0 Å². The quantitative estimate of drug-likeness (QED) is 0.786. The average Bonchev–Trinajstić information content (AvgIpc) is 2.38. The lowest BCUT2D eigenvalue weighted by Crippen LogP contribution is -2.30. The van der Waals surface area contributed by atoms with E-state index in [1.807, 2.05) is 0 Å². The molecule has 0 aliphatic rings. The lowest BCUT2D eigenvalue weighted by atomic mass is 9.98. The number of hydrogen-bond donors (Lipinski definition) is 2. The monoisotopic (exact) mass is 290 g/mol. The Balaban J connectivity index is 2.73. The highest BCUT2D eigenvalue weighted by molar-refractivity contribution is 5.76. The minimum atomic E-state index is -4.49. The van der Waals surface area contributed by atoms with E-state index in [2.05, 4.69) is 5.32 Å². The zero-order valence-electron chi connectivity index (χ0n) is 11.0. The average molecular weight is 290 g/mol. The maximum absolute atomic E-state index is 12.8. The summed E-state index contributed by atoms with van der Waals surface area (Å²) in [5.74, 6) is -0.411. The third-order valence-corrected chi connectivity index (χ3v) is 2.70. The molecule has 4 nitrogen and oxygen atoms in total. The zero-order valence-corrected chi connectivity index (χ0v) is 11.0. The number of methoxy groups -OCH3 is 1. The molecule has 1 aromatic rings. The minimum absolute atomic E-state index is 0.0816. The third kappa shape index (κ3) is 4.82. The van der Waals surface area contributed by atoms with Gasteiger partial charge >= 0.3 is 6.18 Å². The van der Waals surface area contributed by atoms with Crippen molar-refractivity contribution in [3.05, 3.63) is 35.4 Å². The summed E-state index contributed by atoms with van der Waals surface area (Å²) in [4.78, 5) is 11.5. The Morgan fingerprint density at radius 2 is 2.05 bits per heavy atom. The summed E-state index contributed by atoms with van der Waals surface area (Å²) in [5.41, 5.74) is 4.82. The molecule has 0 aliphatic carbocycles. The van der Waals surface area contributed by atoms with Gasteiger partial charge in [0.05, 0.1) is 12.2 Å². The summed E-state index contributed by atoms with van der Waals surface area (Å²) in [5, 5.41) is 2.52. The maximum Gasteiger partial charge on any atom is 0.416 e. The van der Waals surface area contributed by atoms with Crippen molar-refractivity contribution < 1.29 is 22.7 Å². The number of nitrogens with two attached hydrogens (primary N) is 1. The second-order valence-electron chi connectivity index (χ2n) is 4.24. The van der Waals surface area contributed by atoms with Crippen LogP contribution in [0.1, 0.15) is 23.6 Å². The highest BCUT2D eigenvalue weighted by Gasteiger charge is 2.34. The topological polar surface area (TPSA) is 64.3 Å². The van der Waals surface area contributed by atoms with Crippen LogP contribution in [-0.4, -0.2) is 26.2 Å². The van der Waals surface area contributed by atoms with E-state index in [4.69, 9.17) is 10.5 Å². The first-order chi connectivity index (χ1) is 9.36. The molecule has 1 atom stereocenters. The van der Waals surface area contributed by atoms with Crippen molar-refractivity contribution in [3.8, 4) is 0 Å². The molecule has 0 fully saturated rings. The molecule has 0 heterocycles. The molecular weight excluding hydrogens is 273 g/mol. The fourth-order valence-electron chi connectivity index (χ4n) is 1.75. The van der Waals surface area contributed by atoms with Gasteiger partial charge in [-0.05, 0) is 11.6 Å². The van der Waals surface area contributed by atoms with Crippen molar-refractivity contribution in [2.24, 2.45) is 5.73 Å². The van der Waals surface area contributed by atoms with E-state index in [9.17, 15) is 18.0 Å². The van der Waals surface area contributed by atoms with Gasteiger partial charge in [-0.25, -0.2) is 0 Å². The normalized spacial score (nSPS) is 13.1. The van der Waals surface area contributed by atoms with E-state index >= 15 is 0 Å². The van der Waals surface area contributed by atoms with Crippen LogP contribution in [0.25, 0.3) is 0 Å². The van der Waals surface area contributed by atoms with Crippen LogP contribution in [0.4, 0.5) is 13.2 Å². The number of benzene rings is 1. The van der Waals surface area contributed by atoms with Gasteiger partial charge in [0.2, 0.25) is 5.91 Å². The van der Waals surface area contributed by atoms with Gasteiger partial charge in [-0.15, -0.1) is 0 Å². The highest BCUT2D eigenvalue weighted by Crippen LogP contribution is 2.34. The van der Waals surface area contributed by atoms with Gasteiger partial charge in [0.25, 0.3) is 0 Å². The summed E-state index contributed by atoms with van der Waals surface area (Å²) in [6, 6.07) is 3.99. The summed E-state index contributed by atoms with van der Waals surface area (Å²) in [6.45, 7) is 0.628. The fraction of sp³-hybridized carbons (Fsp3) is 0.462. The maximum atomic E-state index is 12.8. The number of nitrogens with one attached hydrogen (secondary N) is 1. The summed E-state index contributed by atoms with van der Waals surface area (Å²) >= 11 is 0. The lowest BCUT2D eigenvalue weighted by molar-refractivity contribution is -0.138. The van der Waals surface area contributed by atoms with Crippen molar-refractivity contribution >= 4 is 5.91 Å². The van der Waals surface area contributed by atoms with Crippen LogP contribution in [0.2, 0.25) is 0 Å². The smallest absolute Gasteiger partial charge is 0.383 e. The Morgan fingerprint density at radius 1 is 1.40 bits per heavy atom. The molecule has 0 radical (unpaired) electrons. The largest absolute Gasteiger partial charge is 0.416 e. The second-order valence-corrected chi connectivity index (χ2v) is 4.24. The number of rotatable bonds is 6. The molecule has 3 N–H and O–H groups in total. The molecule has 7 heteroatoms. The Labute approximate surface area is 115 Å². The summed E-state index contributed by atoms with van der Waals surface area (Å²) in [6.07, 6.45) is -4.70. The molecule has 1 amide bonds. The van der Waals surface area contributed by atoms with Gasteiger partial charge < -0.3 is 15.8 Å². The van der Waals surface area contributed by atoms with Crippen LogP contribution >= 0.6 is 0 Å².